The Labute approximate surface area is 163 Å². The molecule has 2 aromatic carbocycles. The largest absolute Gasteiger partial charge is 0.433 e. The number of hydrogen-bond acceptors (Lipinski definition) is 5. The van der Waals surface area contributed by atoms with Gasteiger partial charge in [0, 0.05) is 12.1 Å². The molecule has 29 heavy (non-hydrogen) atoms. The molecule has 1 heterocycles. The van der Waals surface area contributed by atoms with Crippen LogP contribution in [-0.4, -0.2) is 18.4 Å². The van der Waals surface area contributed by atoms with Crippen LogP contribution < -0.4 is 10.5 Å². The van der Waals surface area contributed by atoms with Gasteiger partial charge in [-0.05, 0) is 35.9 Å². The number of nitrogens with zero attached hydrogens (tertiary/aromatic N) is 2. The van der Waals surface area contributed by atoms with Crippen LogP contribution in [0.15, 0.2) is 59.5 Å². The Morgan fingerprint density at radius 1 is 0.966 bits per heavy atom. The van der Waals surface area contributed by atoms with E-state index in [9.17, 15) is 26.0 Å². The van der Waals surface area contributed by atoms with Crippen LogP contribution in [-0.2, 0) is 22.7 Å². The van der Waals surface area contributed by atoms with Gasteiger partial charge in [0.25, 0.3) is 0 Å². The SMILES string of the molecule is NS(=O)(=O)c1ccc(-c2cc(C(F)(F)F)nc(NCc3ccc(F)cc3)n2)cc1. The van der Waals surface area contributed by atoms with Crippen LogP contribution in [0.2, 0.25) is 0 Å². The van der Waals surface area contributed by atoms with Crippen molar-refractivity contribution in [2.45, 2.75) is 17.6 Å². The number of nitrogens with one attached hydrogen (secondary N) is 1. The monoisotopic (exact) mass is 426 g/mol. The van der Waals surface area contributed by atoms with Crippen molar-refractivity contribution in [2.24, 2.45) is 5.14 Å². The van der Waals surface area contributed by atoms with Gasteiger partial charge in [-0.2, -0.15) is 13.2 Å². The average Bonchev–Trinajstić information content (AvgIpc) is 2.66. The molecule has 6 nitrogen and oxygen atoms in total. The average molecular weight is 426 g/mol. The van der Waals surface area contributed by atoms with Crippen LogP contribution in [0.25, 0.3) is 11.3 Å². The zero-order valence-electron chi connectivity index (χ0n) is 14.6. The van der Waals surface area contributed by atoms with Gasteiger partial charge in [-0.1, -0.05) is 24.3 Å². The van der Waals surface area contributed by atoms with Crippen molar-refractivity contribution in [3.8, 4) is 11.3 Å². The quantitative estimate of drug-likeness (QED) is 0.608. The van der Waals surface area contributed by atoms with Crippen molar-refractivity contribution >= 4 is 16.0 Å². The number of hydrogen-bond donors (Lipinski definition) is 2. The van der Waals surface area contributed by atoms with Gasteiger partial charge in [-0.3, -0.25) is 0 Å². The highest BCUT2D eigenvalue weighted by Gasteiger charge is 2.33. The molecule has 0 atom stereocenters. The summed E-state index contributed by atoms with van der Waals surface area (Å²) < 4.78 is 75.3. The Hall–Kier alpha value is -3.05. The molecule has 0 unspecified atom stereocenters. The van der Waals surface area contributed by atoms with E-state index in [2.05, 4.69) is 15.3 Å². The zero-order valence-corrected chi connectivity index (χ0v) is 15.4. The van der Waals surface area contributed by atoms with E-state index in [4.69, 9.17) is 5.14 Å². The summed E-state index contributed by atoms with van der Waals surface area (Å²) in [6.45, 7) is 0.0748. The summed E-state index contributed by atoms with van der Waals surface area (Å²) in [7, 11) is -3.94. The predicted octanol–water partition coefficient (Wildman–Crippen LogP) is 3.56. The maximum absolute atomic E-state index is 13.2. The molecule has 0 bridgehead atoms. The summed E-state index contributed by atoms with van der Waals surface area (Å²) in [5, 5.41) is 7.70. The molecule has 3 rings (SSSR count). The van der Waals surface area contributed by atoms with Gasteiger partial charge >= 0.3 is 6.18 Å². The molecule has 0 aliphatic rings. The first-order valence-electron chi connectivity index (χ1n) is 8.10. The van der Waals surface area contributed by atoms with Gasteiger partial charge in [0.05, 0.1) is 10.6 Å². The highest BCUT2D eigenvalue weighted by Crippen LogP contribution is 2.31. The third-order valence-corrected chi connectivity index (χ3v) is 4.79. The Bertz CT molecular complexity index is 1120. The smallest absolute Gasteiger partial charge is 0.350 e. The summed E-state index contributed by atoms with van der Waals surface area (Å²) in [6.07, 6.45) is -4.72. The normalized spacial score (nSPS) is 12.0. The van der Waals surface area contributed by atoms with E-state index in [1.807, 2.05) is 0 Å². The lowest BCUT2D eigenvalue weighted by molar-refractivity contribution is -0.141. The molecule has 152 valence electrons. The molecule has 11 heteroatoms. The second kappa shape index (κ2) is 7.76. The number of rotatable bonds is 5. The molecule has 0 aliphatic carbocycles. The van der Waals surface area contributed by atoms with Crippen molar-refractivity contribution in [3.05, 3.63) is 71.7 Å². The van der Waals surface area contributed by atoms with Gasteiger partial charge in [-0.25, -0.2) is 27.9 Å². The molecule has 1 aromatic heterocycles. The molecule has 0 amide bonds. The van der Waals surface area contributed by atoms with Crippen molar-refractivity contribution in [2.75, 3.05) is 5.32 Å². The lowest BCUT2D eigenvalue weighted by atomic mass is 10.1. The fourth-order valence-corrected chi connectivity index (χ4v) is 2.93. The van der Waals surface area contributed by atoms with Gasteiger partial charge in [0.15, 0.2) is 5.69 Å². The van der Waals surface area contributed by atoms with Crippen LogP contribution >= 0.6 is 0 Å². The summed E-state index contributed by atoms with van der Waals surface area (Å²) >= 11 is 0. The van der Waals surface area contributed by atoms with Gasteiger partial charge in [0.1, 0.15) is 5.82 Å². The Balaban J connectivity index is 1.94. The van der Waals surface area contributed by atoms with E-state index >= 15 is 0 Å². The van der Waals surface area contributed by atoms with Gasteiger partial charge in [-0.15, -0.1) is 0 Å². The highest BCUT2D eigenvalue weighted by molar-refractivity contribution is 7.89. The first-order valence-corrected chi connectivity index (χ1v) is 9.65. The number of benzene rings is 2. The third kappa shape index (κ3) is 5.27. The fraction of sp³-hybridized carbons (Fsp3) is 0.111. The summed E-state index contributed by atoms with van der Waals surface area (Å²) in [6, 6.07) is 11.1. The number of alkyl halides is 3. The third-order valence-electron chi connectivity index (χ3n) is 3.86. The van der Waals surface area contributed by atoms with E-state index in [1.54, 1.807) is 0 Å². The molecule has 0 aliphatic heterocycles. The molecule has 0 saturated carbocycles. The Morgan fingerprint density at radius 3 is 2.14 bits per heavy atom. The second-order valence-corrected chi connectivity index (χ2v) is 7.57. The number of anilines is 1. The minimum Gasteiger partial charge on any atom is -0.350 e. The summed E-state index contributed by atoms with van der Waals surface area (Å²) in [5.74, 6) is -0.719. The first kappa shape index (κ1) is 20.7. The minimum absolute atomic E-state index is 0.0603. The molecule has 0 radical (unpaired) electrons. The number of nitrogens with two attached hydrogens (primary N) is 1. The van der Waals surface area contributed by atoms with Crippen molar-refractivity contribution in [3.63, 3.8) is 0 Å². The Kier molecular flexibility index (Phi) is 5.53. The van der Waals surface area contributed by atoms with Crippen LogP contribution in [0.1, 0.15) is 11.3 Å². The summed E-state index contributed by atoms with van der Waals surface area (Å²) in [5.41, 5.74) is -0.365. The van der Waals surface area contributed by atoms with Crippen LogP contribution in [0.3, 0.4) is 0 Å². The number of sulfonamides is 1. The fourth-order valence-electron chi connectivity index (χ4n) is 2.42. The minimum atomic E-state index is -4.72. The van der Waals surface area contributed by atoms with Crippen LogP contribution in [0, 0.1) is 5.82 Å². The number of primary sulfonamides is 1. The molecule has 3 N–H and O–H groups in total. The van der Waals surface area contributed by atoms with E-state index in [-0.39, 0.29) is 28.6 Å². The number of halogens is 4. The first-order chi connectivity index (χ1) is 13.5. The van der Waals surface area contributed by atoms with Gasteiger partial charge in [0.2, 0.25) is 16.0 Å². The van der Waals surface area contributed by atoms with Crippen LogP contribution in [0.5, 0.6) is 0 Å². The molecular weight excluding hydrogens is 412 g/mol. The van der Waals surface area contributed by atoms with E-state index < -0.39 is 27.7 Å². The molecule has 0 fully saturated rings. The zero-order chi connectivity index (χ0) is 21.2. The maximum atomic E-state index is 13.2. The molecule has 3 aromatic rings. The lowest BCUT2D eigenvalue weighted by Gasteiger charge is -2.12. The van der Waals surface area contributed by atoms with Crippen molar-refractivity contribution in [1.29, 1.82) is 0 Å². The lowest BCUT2D eigenvalue weighted by Crippen LogP contribution is -2.13. The standard InChI is InChI=1S/C18H14F4N4O2S/c19-13-5-1-11(2-6-13)10-24-17-25-15(9-16(26-17)18(20,21)22)12-3-7-14(8-4-12)29(23,27)28/h1-9H,10H2,(H2,23,27,28)(H,24,25,26). The second-order valence-electron chi connectivity index (χ2n) is 6.01. The van der Waals surface area contributed by atoms with E-state index in [0.717, 1.165) is 6.07 Å². The summed E-state index contributed by atoms with van der Waals surface area (Å²) in [4.78, 5) is 7.37. The molecular formula is C18H14F4N4O2S. The predicted molar refractivity (Wildman–Crippen MR) is 97.6 cm³/mol. The van der Waals surface area contributed by atoms with E-state index in [0.29, 0.717) is 5.56 Å². The maximum Gasteiger partial charge on any atom is 0.433 e. The van der Waals surface area contributed by atoms with Crippen LogP contribution in [0.4, 0.5) is 23.5 Å². The van der Waals surface area contributed by atoms with Crippen molar-refractivity contribution in [1.82, 2.24) is 9.97 Å². The number of aromatic nitrogens is 2. The van der Waals surface area contributed by atoms with Crippen molar-refractivity contribution < 1.29 is 26.0 Å². The highest BCUT2D eigenvalue weighted by atomic mass is 32.2. The van der Waals surface area contributed by atoms with Gasteiger partial charge < -0.3 is 5.32 Å². The molecule has 0 spiro atoms. The topological polar surface area (TPSA) is 98.0 Å². The molecule has 0 saturated heterocycles. The van der Waals surface area contributed by atoms with E-state index in [1.165, 1.54) is 48.5 Å². The Morgan fingerprint density at radius 2 is 1.59 bits per heavy atom.